The van der Waals surface area contributed by atoms with Crippen molar-refractivity contribution in [1.29, 1.82) is 0 Å². The molecule has 0 bridgehead atoms. The minimum atomic E-state index is 0.330. The molecule has 0 fully saturated rings. The van der Waals surface area contributed by atoms with E-state index in [1.165, 1.54) is 10.6 Å². The van der Waals surface area contributed by atoms with E-state index in [2.05, 4.69) is 49.2 Å². The number of nitrogens with one attached hydrogen (secondary N) is 1. The summed E-state index contributed by atoms with van der Waals surface area (Å²) in [6, 6.07) is 2.39. The molecule has 5 heteroatoms. The van der Waals surface area contributed by atoms with Gasteiger partial charge in [0.05, 0.1) is 16.4 Å². The van der Waals surface area contributed by atoms with Crippen LogP contribution in [-0.4, -0.2) is 14.8 Å². The number of nitrogens with zero attached hydrogens (tertiary/aromatic N) is 3. The fourth-order valence-electron chi connectivity index (χ4n) is 2.09. The first kappa shape index (κ1) is 13.2. The molecule has 0 aliphatic carbocycles. The van der Waals surface area contributed by atoms with Gasteiger partial charge in [0, 0.05) is 30.2 Å². The van der Waals surface area contributed by atoms with Crippen LogP contribution in [0.15, 0.2) is 12.3 Å². The van der Waals surface area contributed by atoms with E-state index in [0.29, 0.717) is 6.04 Å². The van der Waals surface area contributed by atoms with Crippen molar-refractivity contribution in [2.24, 2.45) is 0 Å². The van der Waals surface area contributed by atoms with Crippen LogP contribution in [-0.2, 0) is 13.1 Å². The normalized spacial score (nSPS) is 12.9. The Hall–Kier alpha value is -1.20. The zero-order valence-electron chi connectivity index (χ0n) is 11.4. The SMILES string of the molecule is CCn1nccc1CNC(C)c1sc(C)nc1C. The second-order valence-electron chi connectivity index (χ2n) is 4.42. The Morgan fingerprint density at radius 1 is 1.44 bits per heavy atom. The summed E-state index contributed by atoms with van der Waals surface area (Å²) >= 11 is 1.77. The van der Waals surface area contributed by atoms with E-state index in [1.807, 2.05) is 10.9 Å². The summed E-state index contributed by atoms with van der Waals surface area (Å²) < 4.78 is 2.02. The monoisotopic (exact) mass is 264 g/mol. The highest BCUT2D eigenvalue weighted by Gasteiger charge is 2.13. The molecule has 0 saturated carbocycles. The molecular weight excluding hydrogens is 244 g/mol. The molecule has 0 aliphatic heterocycles. The highest BCUT2D eigenvalue weighted by molar-refractivity contribution is 7.11. The largest absolute Gasteiger partial charge is 0.304 e. The first-order valence-electron chi connectivity index (χ1n) is 6.29. The smallest absolute Gasteiger partial charge is 0.0900 e. The third-order valence-electron chi connectivity index (χ3n) is 3.03. The van der Waals surface area contributed by atoms with Crippen molar-refractivity contribution in [2.45, 2.75) is 46.8 Å². The number of aryl methyl sites for hydroxylation is 3. The van der Waals surface area contributed by atoms with Gasteiger partial charge in [-0.25, -0.2) is 4.98 Å². The Morgan fingerprint density at radius 3 is 2.83 bits per heavy atom. The molecule has 0 saturated heterocycles. The molecule has 0 aliphatic rings. The fourth-order valence-corrected chi connectivity index (χ4v) is 3.05. The lowest BCUT2D eigenvalue weighted by Gasteiger charge is -2.13. The van der Waals surface area contributed by atoms with E-state index in [-0.39, 0.29) is 0 Å². The highest BCUT2D eigenvalue weighted by atomic mass is 32.1. The van der Waals surface area contributed by atoms with Crippen LogP contribution in [0.4, 0.5) is 0 Å². The number of hydrogen-bond donors (Lipinski definition) is 1. The zero-order valence-corrected chi connectivity index (χ0v) is 12.2. The summed E-state index contributed by atoms with van der Waals surface area (Å²) in [7, 11) is 0. The predicted octanol–water partition coefficient (Wildman–Crippen LogP) is 2.83. The van der Waals surface area contributed by atoms with E-state index in [9.17, 15) is 0 Å². The van der Waals surface area contributed by atoms with Gasteiger partial charge in [-0.1, -0.05) is 0 Å². The predicted molar refractivity (Wildman–Crippen MR) is 74.7 cm³/mol. The van der Waals surface area contributed by atoms with E-state index in [0.717, 1.165) is 23.8 Å². The summed E-state index contributed by atoms with van der Waals surface area (Å²) in [4.78, 5) is 5.80. The molecule has 4 nitrogen and oxygen atoms in total. The van der Waals surface area contributed by atoms with Crippen LogP contribution in [0, 0.1) is 13.8 Å². The quantitative estimate of drug-likeness (QED) is 0.903. The van der Waals surface area contributed by atoms with Gasteiger partial charge < -0.3 is 5.32 Å². The summed E-state index contributed by atoms with van der Waals surface area (Å²) in [5.74, 6) is 0. The van der Waals surface area contributed by atoms with Crippen molar-refractivity contribution in [2.75, 3.05) is 0 Å². The minimum absolute atomic E-state index is 0.330. The molecule has 0 spiro atoms. The van der Waals surface area contributed by atoms with Gasteiger partial charge in [-0.05, 0) is 33.8 Å². The molecule has 2 heterocycles. The zero-order chi connectivity index (χ0) is 13.1. The maximum Gasteiger partial charge on any atom is 0.0900 e. The third kappa shape index (κ3) is 2.79. The second-order valence-corrected chi connectivity index (χ2v) is 5.66. The van der Waals surface area contributed by atoms with Gasteiger partial charge in [0.25, 0.3) is 0 Å². The summed E-state index contributed by atoms with van der Waals surface area (Å²) in [5, 5.41) is 8.95. The molecule has 2 aromatic rings. The van der Waals surface area contributed by atoms with Gasteiger partial charge >= 0.3 is 0 Å². The van der Waals surface area contributed by atoms with Crippen LogP contribution in [0.25, 0.3) is 0 Å². The van der Waals surface area contributed by atoms with Crippen LogP contribution in [0.2, 0.25) is 0 Å². The Morgan fingerprint density at radius 2 is 2.22 bits per heavy atom. The van der Waals surface area contributed by atoms with Gasteiger partial charge in [0.2, 0.25) is 0 Å². The van der Waals surface area contributed by atoms with Crippen molar-refractivity contribution in [3.05, 3.63) is 33.5 Å². The van der Waals surface area contributed by atoms with Crippen LogP contribution in [0.5, 0.6) is 0 Å². The lowest BCUT2D eigenvalue weighted by atomic mass is 10.2. The van der Waals surface area contributed by atoms with E-state index >= 15 is 0 Å². The van der Waals surface area contributed by atoms with Crippen LogP contribution < -0.4 is 5.32 Å². The average molecular weight is 264 g/mol. The molecule has 2 aromatic heterocycles. The number of hydrogen-bond acceptors (Lipinski definition) is 4. The van der Waals surface area contributed by atoms with Crippen LogP contribution >= 0.6 is 11.3 Å². The van der Waals surface area contributed by atoms with Crippen LogP contribution in [0.1, 0.15) is 41.2 Å². The first-order chi connectivity index (χ1) is 8.61. The van der Waals surface area contributed by atoms with Crippen molar-refractivity contribution in [1.82, 2.24) is 20.1 Å². The molecule has 0 aromatic carbocycles. The Bertz CT molecular complexity index is 515. The van der Waals surface area contributed by atoms with Crippen LogP contribution in [0.3, 0.4) is 0 Å². The number of rotatable bonds is 5. The van der Waals surface area contributed by atoms with E-state index in [4.69, 9.17) is 0 Å². The van der Waals surface area contributed by atoms with Gasteiger partial charge in [0.15, 0.2) is 0 Å². The Kier molecular flexibility index (Phi) is 4.14. The molecule has 18 heavy (non-hydrogen) atoms. The van der Waals surface area contributed by atoms with E-state index < -0.39 is 0 Å². The summed E-state index contributed by atoms with van der Waals surface area (Å²) in [6.45, 7) is 10.2. The average Bonchev–Trinajstić information content (AvgIpc) is 2.92. The summed E-state index contributed by atoms with van der Waals surface area (Å²) in [5.41, 5.74) is 2.37. The minimum Gasteiger partial charge on any atom is -0.304 e. The fraction of sp³-hybridized carbons (Fsp3) is 0.538. The Balaban J connectivity index is 2.00. The standard InChI is InChI=1S/C13H20N4S/c1-5-17-12(6-7-15-17)8-14-9(2)13-10(3)16-11(4)18-13/h6-7,9,14H,5,8H2,1-4H3. The molecule has 1 unspecified atom stereocenters. The topological polar surface area (TPSA) is 42.7 Å². The lowest BCUT2D eigenvalue weighted by Crippen LogP contribution is -2.20. The number of thiazole rings is 1. The molecule has 2 rings (SSSR count). The molecular formula is C13H20N4S. The molecule has 1 atom stereocenters. The molecule has 1 N–H and O–H groups in total. The maximum atomic E-state index is 4.47. The summed E-state index contributed by atoms with van der Waals surface area (Å²) in [6.07, 6.45) is 1.85. The van der Waals surface area contributed by atoms with Gasteiger partial charge in [-0.3, -0.25) is 4.68 Å². The molecule has 0 radical (unpaired) electrons. The number of aromatic nitrogens is 3. The Labute approximate surface area is 112 Å². The molecule has 98 valence electrons. The maximum absolute atomic E-state index is 4.47. The molecule has 0 amide bonds. The lowest BCUT2D eigenvalue weighted by molar-refractivity contribution is 0.534. The van der Waals surface area contributed by atoms with E-state index in [1.54, 1.807) is 11.3 Å². The van der Waals surface area contributed by atoms with Crippen molar-refractivity contribution in [3.63, 3.8) is 0 Å². The van der Waals surface area contributed by atoms with Gasteiger partial charge in [-0.15, -0.1) is 11.3 Å². The highest BCUT2D eigenvalue weighted by Crippen LogP contribution is 2.24. The van der Waals surface area contributed by atoms with Gasteiger partial charge in [-0.2, -0.15) is 5.10 Å². The van der Waals surface area contributed by atoms with Crippen molar-refractivity contribution < 1.29 is 0 Å². The first-order valence-corrected chi connectivity index (χ1v) is 7.11. The van der Waals surface area contributed by atoms with Gasteiger partial charge in [0.1, 0.15) is 0 Å². The van der Waals surface area contributed by atoms with Crippen molar-refractivity contribution in [3.8, 4) is 0 Å². The van der Waals surface area contributed by atoms with Crippen molar-refractivity contribution >= 4 is 11.3 Å². The second kappa shape index (κ2) is 5.63. The third-order valence-corrected chi connectivity index (χ3v) is 4.28.